The van der Waals surface area contributed by atoms with Crippen LogP contribution in [0.15, 0.2) is 0 Å². The van der Waals surface area contributed by atoms with Gasteiger partial charge in [0.05, 0.1) is 0 Å². The Morgan fingerprint density at radius 3 is 2.57 bits per heavy atom. The van der Waals surface area contributed by atoms with E-state index >= 15 is 0 Å². The van der Waals surface area contributed by atoms with Crippen molar-refractivity contribution in [3.8, 4) is 0 Å². The van der Waals surface area contributed by atoms with Gasteiger partial charge in [0.15, 0.2) is 0 Å². The predicted molar refractivity (Wildman–Crippen MR) is 56.1 cm³/mol. The first-order valence-electron chi connectivity index (χ1n) is 5.78. The smallest absolute Gasteiger partial charge is 0.314 e. The second-order valence-corrected chi connectivity index (χ2v) is 4.75. The van der Waals surface area contributed by atoms with Crippen molar-refractivity contribution in [2.24, 2.45) is 11.3 Å². The van der Waals surface area contributed by atoms with Crippen LogP contribution >= 0.6 is 0 Å². The summed E-state index contributed by atoms with van der Waals surface area (Å²) in [6, 6.07) is 0.0128. The minimum absolute atomic E-state index is 0.0128. The first-order valence-corrected chi connectivity index (χ1v) is 5.78. The van der Waals surface area contributed by atoms with Crippen LogP contribution in [0.4, 0.5) is 4.79 Å². The van der Waals surface area contributed by atoms with Gasteiger partial charge in [-0.25, -0.2) is 4.79 Å². The molecule has 0 radical (unpaired) electrons. The monoisotopic (exact) mass is 196 g/mol. The van der Waals surface area contributed by atoms with Crippen molar-refractivity contribution in [3.05, 3.63) is 0 Å². The van der Waals surface area contributed by atoms with Crippen LogP contribution in [0.5, 0.6) is 0 Å². The number of hydrogen-bond acceptors (Lipinski definition) is 1. The first-order chi connectivity index (χ1) is 6.77. The normalized spacial score (nSPS) is 22.9. The lowest BCUT2D eigenvalue weighted by Gasteiger charge is -2.15. The maximum Gasteiger partial charge on any atom is 0.314 e. The first kappa shape index (κ1) is 9.81. The molecule has 0 unspecified atom stereocenters. The molecule has 2 amide bonds. The van der Waals surface area contributed by atoms with Crippen LogP contribution in [0, 0.1) is 11.3 Å². The van der Waals surface area contributed by atoms with Crippen LogP contribution in [0.3, 0.4) is 0 Å². The third-order valence-corrected chi connectivity index (χ3v) is 3.47. The SMILES string of the molecule is CCCNC(=O)NCC1(C2CC2)CC1. The largest absolute Gasteiger partial charge is 0.338 e. The summed E-state index contributed by atoms with van der Waals surface area (Å²) in [4.78, 5) is 11.3. The quantitative estimate of drug-likeness (QED) is 0.692. The van der Waals surface area contributed by atoms with E-state index in [2.05, 4.69) is 17.6 Å². The molecule has 3 nitrogen and oxygen atoms in total. The van der Waals surface area contributed by atoms with Gasteiger partial charge in [0, 0.05) is 13.1 Å². The Morgan fingerprint density at radius 2 is 2.07 bits per heavy atom. The number of carbonyl (C=O) groups is 1. The molecular formula is C11H20N2O. The minimum Gasteiger partial charge on any atom is -0.338 e. The molecule has 0 aliphatic heterocycles. The molecule has 14 heavy (non-hydrogen) atoms. The van der Waals surface area contributed by atoms with E-state index in [1.807, 2.05) is 0 Å². The van der Waals surface area contributed by atoms with Crippen molar-refractivity contribution in [2.75, 3.05) is 13.1 Å². The molecule has 0 heterocycles. The molecular weight excluding hydrogens is 176 g/mol. The van der Waals surface area contributed by atoms with E-state index in [4.69, 9.17) is 0 Å². The maximum absolute atomic E-state index is 11.3. The average Bonchev–Trinajstić information content (AvgIpc) is 3.03. The number of amides is 2. The molecule has 80 valence electrons. The third-order valence-electron chi connectivity index (χ3n) is 3.47. The van der Waals surface area contributed by atoms with E-state index in [0.29, 0.717) is 5.41 Å². The summed E-state index contributed by atoms with van der Waals surface area (Å²) in [5.74, 6) is 0.925. The Labute approximate surface area is 85.6 Å². The van der Waals surface area contributed by atoms with Gasteiger partial charge in [-0.2, -0.15) is 0 Å². The van der Waals surface area contributed by atoms with Crippen molar-refractivity contribution in [3.63, 3.8) is 0 Å². The van der Waals surface area contributed by atoms with E-state index in [1.54, 1.807) is 0 Å². The summed E-state index contributed by atoms with van der Waals surface area (Å²) in [7, 11) is 0. The van der Waals surface area contributed by atoms with E-state index < -0.39 is 0 Å². The van der Waals surface area contributed by atoms with Gasteiger partial charge in [-0.15, -0.1) is 0 Å². The van der Waals surface area contributed by atoms with E-state index in [0.717, 1.165) is 25.4 Å². The zero-order valence-electron chi connectivity index (χ0n) is 8.94. The highest BCUT2D eigenvalue weighted by molar-refractivity contribution is 5.73. The molecule has 2 aliphatic rings. The second kappa shape index (κ2) is 3.79. The van der Waals surface area contributed by atoms with Crippen molar-refractivity contribution in [2.45, 2.75) is 39.0 Å². The molecule has 0 atom stereocenters. The van der Waals surface area contributed by atoms with Gasteiger partial charge >= 0.3 is 6.03 Å². The topological polar surface area (TPSA) is 41.1 Å². The fraction of sp³-hybridized carbons (Fsp3) is 0.909. The highest BCUT2D eigenvalue weighted by atomic mass is 16.2. The predicted octanol–water partition coefficient (Wildman–Crippen LogP) is 1.89. The van der Waals surface area contributed by atoms with Crippen molar-refractivity contribution < 1.29 is 4.79 Å². The zero-order chi connectivity index (χ0) is 10.0. The van der Waals surface area contributed by atoms with E-state index in [1.165, 1.54) is 25.7 Å². The Morgan fingerprint density at radius 1 is 1.36 bits per heavy atom. The summed E-state index contributed by atoms with van der Waals surface area (Å²) < 4.78 is 0. The van der Waals surface area contributed by atoms with Gasteiger partial charge in [-0.3, -0.25) is 0 Å². The van der Waals surface area contributed by atoms with Gasteiger partial charge in [-0.05, 0) is 43.4 Å². The summed E-state index contributed by atoms with van der Waals surface area (Å²) in [6.45, 7) is 3.74. The highest BCUT2D eigenvalue weighted by Gasteiger charge is 2.53. The van der Waals surface area contributed by atoms with Gasteiger partial charge < -0.3 is 10.6 Å². The van der Waals surface area contributed by atoms with Gasteiger partial charge in [-0.1, -0.05) is 6.92 Å². The van der Waals surface area contributed by atoms with Crippen LogP contribution in [-0.4, -0.2) is 19.1 Å². The lowest BCUT2D eigenvalue weighted by atomic mass is 10.0. The summed E-state index contributed by atoms with van der Waals surface area (Å²) >= 11 is 0. The minimum atomic E-state index is 0.0128. The van der Waals surface area contributed by atoms with Crippen LogP contribution in [0.25, 0.3) is 0 Å². The standard InChI is InChI=1S/C11H20N2O/c1-2-7-12-10(14)13-8-11(5-6-11)9-3-4-9/h9H,2-8H2,1H3,(H2,12,13,14). The second-order valence-electron chi connectivity index (χ2n) is 4.75. The molecule has 0 saturated heterocycles. The third kappa shape index (κ3) is 2.20. The summed E-state index contributed by atoms with van der Waals surface area (Å²) in [5, 5.41) is 5.83. The Balaban J connectivity index is 1.64. The van der Waals surface area contributed by atoms with E-state index in [9.17, 15) is 4.79 Å². The molecule has 2 N–H and O–H groups in total. The van der Waals surface area contributed by atoms with Gasteiger partial charge in [0.2, 0.25) is 0 Å². The van der Waals surface area contributed by atoms with Crippen molar-refractivity contribution in [1.29, 1.82) is 0 Å². The molecule has 2 rings (SSSR count). The summed E-state index contributed by atoms with van der Waals surface area (Å²) in [6.07, 6.45) is 6.43. The van der Waals surface area contributed by atoms with Crippen molar-refractivity contribution >= 4 is 6.03 Å². The maximum atomic E-state index is 11.3. The number of carbonyl (C=O) groups excluding carboxylic acids is 1. The summed E-state index contributed by atoms with van der Waals surface area (Å²) in [5.41, 5.74) is 0.517. The molecule has 3 heteroatoms. The molecule has 0 spiro atoms. The number of urea groups is 1. The highest BCUT2D eigenvalue weighted by Crippen LogP contribution is 2.60. The number of nitrogens with one attached hydrogen (secondary N) is 2. The average molecular weight is 196 g/mol. The molecule has 2 aliphatic carbocycles. The lowest BCUT2D eigenvalue weighted by molar-refractivity contribution is 0.237. The number of rotatable bonds is 5. The molecule has 0 aromatic heterocycles. The fourth-order valence-corrected chi connectivity index (χ4v) is 2.14. The Bertz CT molecular complexity index is 219. The van der Waals surface area contributed by atoms with Gasteiger partial charge in [0.25, 0.3) is 0 Å². The Hall–Kier alpha value is -0.730. The lowest BCUT2D eigenvalue weighted by Crippen LogP contribution is -2.39. The van der Waals surface area contributed by atoms with Gasteiger partial charge in [0.1, 0.15) is 0 Å². The number of hydrogen-bond donors (Lipinski definition) is 2. The molecule has 2 saturated carbocycles. The van der Waals surface area contributed by atoms with E-state index in [-0.39, 0.29) is 6.03 Å². The van der Waals surface area contributed by atoms with Crippen molar-refractivity contribution in [1.82, 2.24) is 10.6 Å². The Kier molecular flexibility index (Phi) is 2.66. The van der Waals surface area contributed by atoms with Crippen LogP contribution < -0.4 is 10.6 Å². The van der Waals surface area contributed by atoms with Crippen LogP contribution in [-0.2, 0) is 0 Å². The molecule has 0 aromatic carbocycles. The molecule has 0 bridgehead atoms. The molecule has 0 aromatic rings. The fourth-order valence-electron chi connectivity index (χ4n) is 2.14. The zero-order valence-corrected chi connectivity index (χ0v) is 8.94. The van der Waals surface area contributed by atoms with Crippen LogP contribution in [0.1, 0.15) is 39.0 Å². The van der Waals surface area contributed by atoms with Crippen LogP contribution in [0.2, 0.25) is 0 Å². The molecule has 2 fully saturated rings.